The number of nitro groups is 1. The van der Waals surface area contributed by atoms with Crippen molar-refractivity contribution in [2.24, 2.45) is 5.10 Å². The second-order valence-electron chi connectivity index (χ2n) is 5.72. The summed E-state index contributed by atoms with van der Waals surface area (Å²) in [6.45, 7) is 5.25. The van der Waals surface area contributed by atoms with Gasteiger partial charge in [-0.25, -0.2) is 5.43 Å². The molecule has 0 aliphatic heterocycles. The Bertz CT molecular complexity index is 865. The van der Waals surface area contributed by atoms with Crippen LogP contribution in [0.4, 0.5) is 11.4 Å². The van der Waals surface area contributed by atoms with E-state index in [0.29, 0.717) is 5.56 Å². The lowest BCUT2D eigenvalue weighted by Gasteiger charge is -2.21. The summed E-state index contributed by atoms with van der Waals surface area (Å²) in [5, 5.41) is 24.8. The molecular weight excluding hydrogens is 364 g/mol. The summed E-state index contributed by atoms with van der Waals surface area (Å²) in [6.07, 6.45) is 1.31. The van der Waals surface area contributed by atoms with Crippen LogP contribution in [0.1, 0.15) is 19.4 Å². The Kier molecular flexibility index (Phi) is 7.32. The molecule has 0 spiro atoms. The number of hydrogen-bond acceptors (Lipinski definition) is 7. The van der Waals surface area contributed by atoms with Crippen LogP contribution in [0.5, 0.6) is 11.5 Å². The van der Waals surface area contributed by atoms with E-state index in [1.54, 1.807) is 18.2 Å². The van der Waals surface area contributed by atoms with Crippen molar-refractivity contribution in [3.8, 4) is 11.5 Å². The first-order valence-corrected chi connectivity index (χ1v) is 8.72. The molecule has 2 aromatic carbocycles. The Balaban J connectivity index is 1.92. The van der Waals surface area contributed by atoms with Gasteiger partial charge >= 0.3 is 5.69 Å². The van der Waals surface area contributed by atoms with Crippen LogP contribution in [-0.4, -0.2) is 41.8 Å². The predicted octanol–water partition coefficient (Wildman–Crippen LogP) is 2.68. The Morgan fingerprint density at radius 3 is 2.64 bits per heavy atom. The molecule has 2 rings (SSSR count). The van der Waals surface area contributed by atoms with E-state index in [0.717, 1.165) is 18.8 Å². The number of nitrogens with zero attached hydrogens (tertiary/aromatic N) is 3. The van der Waals surface area contributed by atoms with Crippen LogP contribution in [-0.2, 0) is 4.79 Å². The number of nitrogens with one attached hydrogen (secondary N) is 1. The van der Waals surface area contributed by atoms with Crippen molar-refractivity contribution < 1.29 is 19.6 Å². The molecule has 9 heteroatoms. The van der Waals surface area contributed by atoms with Gasteiger partial charge in [0.25, 0.3) is 5.91 Å². The molecule has 0 saturated carbocycles. The zero-order chi connectivity index (χ0) is 20.5. The van der Waals surface area contributed by atoms with E-state index >= 15 is 0 Å². The van der Waals surface area contributed by atoms with Gasteiger partial charge in [0.1, 0.15) is 5.75 Å². The number of nitro benzene ring substituents is 1. The summed E-state index contributed by atoms with van der Waals surface area (Å²) in [7, 11) is 0. The average molecular weight is 386 g/mol. The fourth-order valence-corrected chi connectivity index (χ4v) is 2.51. The first kappa shape index (κ1) is 20.7. The van der Waals surface area contributed by atoms with E-state index in [4.69, 9.17) is 4.74 Å². The Labute approximate surface area is 162 Å². The Morgan fingerprint density at radius 1 is 1.29 bits per heavy atom. The van der Waals surface area contributed by atoms with Gasteiger partial charge < -0.3 is 14.7 Å². The normalized spacial score (nSPS) is 10.6. The summed E-state index contributed by atoms with van der Waals surface area (Å²) < 4.78 is 5.17. The number of phenolic OH excluding ortho intramolecular Hbond substituents is 1. The number of carbonyl (C=O) groups excluding carboxylic acids is 1. The third kappa shape index (κ3) is 5.44. The van der Waals surface area contributed by atoms with Gasteiger partial charge in [0.2, 0.25) is 0 Å². The highest BCUT2D eigenvalue weighted by Crippen LogP contribution is 2.25. The molecule has 0 heterocycles. The monoisotopic (exact) mass is 386 g/mol. The Hall–Kier alpha value is -3.62. The van der Waals surface area contributed by atoms with Crippen LogP contribution in [0.2, 0.25) is 0 Å². The topological polar surface area (TPSA) is 117 Å². The highest BCUT2D eigenvalue weighted by Gasteiger charge is 2.14. The molecule has 2 aromatic rings. The minimum Gasteiger partial charge on any atom is -0.507 e. The molecule has 0 saturated heterocycles. The molecule has 0 fully saturated rings. The maximum Gasteiger partial charge on any atom is 0.310 e. The van der Waals surface area contributed by atoms with Crippen molar-refractivity contribution in [3.05, 3.63) is 58.1 Å². The predicted molar refractivity (Wildman–Crippen MR) is 106 cm³/mol. The zero-order valence-corrected chi connectivity index (χ0v) is 15.7. The van der Waals surface area contributed by atoms with Crippen molar-refractivity contribution in [3.63, 3.8) is 0 Å². The van der Waals surface area contributed by atoms with Crippen LogP contribution in [0.3, 0.4) is 0 Å². The third-order valence-corrected chi connectivity index (χ3v) is 3.96. The summed E-state index contributed by atoms with van der Waals surface area (Å²) in [6, 6.07) is 11.0. The van der Waals surface area contributed by atoms with Crippen molar-refractivity contribution in [1.29, 1.82) is 0 Å². The largest absolute Gasteiger partial charge is 0.507 e. The first-order chi connectivity index (χ1) is 13.5. The van der Waals surface area contributed by atoms with Crippen LogP contribution in [0.15, 0.2) is 47.6 Å². The van der Waals surface area contributed by atoms with Gasteiger partial charge in [-0.3, -0.25) is 14.9 Å². The molecule has 0 atom stereocenters. The zero-order valence-electron chi connectivity index (χ0n) is 15.7. The number of benzene rings is 2. The molecule has 2 N–H and O–H groups in total. The SMILES string of the molecule is CCN(CC)c1ccc(C=NNC(=O)COc2ccccc2[N+](=O)[O-])c(O)c1. The molecule has 0 unspecified atom stereocenters. The van der Waals surface area contributed by atoms with Crippen LogP contribution in [0.25, 0.3) is 0 Å². The van der Waals surface area contributed by atoms with Gasteiger partial charge in [-0.1, -0.05) is 12.1 Å². The average Bonchev–Trinajstić information content (AvgIpc) is 2.69. The lowest BCUT2D eigenvalue weighted by atomic mass is 10.2. The number of rotatable bonds is 9. The summed E-state index contributed by atoms with van der Waals surface area (Å²) in [5.74, 6) is -0.552. The van der Waals surface area contributed by atoms with Gasteiger partial charge in [0.05, 0.1) is 11.1 Å². The summed E-state index contributed by atoms with van der Waals surface area (Å²) in [5.41, 5.74) is 3.36. The lowest BCUT2D eigenvalue weighted by molar-refractivity contribution is -0.385. The van der Waals surface area contributed by atoms with Crippen LogP contribution >= 0.6 is 0 Å². The number of anilines is 1. The standard InChI is InChI=1S/C19H22N4O5/c1-3-22(4-2)15-10-9-14(17(24)11-15)12-20-21-19(25)13-28-18-8-6-5-7-16(18)23(26)27/h5-12,24H,3-4,13H2,1-2H3,(H,21,25). The molecule has 148 valence electrons. The molecule has 0 aliphatic carbocycles. The fraction of sp³-hybridized carbons (Fsp3) is 0.263. The van der Waals surface area contributed by atoms with Crippen LogP contribution in [0, 0.1) is 10.1 Å². The molecule has 0 aromatic heterocycles. The van der Waals surface area contributed by atoms with Gasteiger partial charge in [-0.15, -0.1) is 0 Å². The van der Waals surface area contributed by atoms with E-state index in [1.165, 1.54) is 24.4 Å². The van der Waals surface area contributed by atoms with E-state index in [-0.39, 0.29) is 17.2 Å². The lowest BCUT2D eigenvalue weighted by Crippen LogP contribution is -2.24. The molecule has 28 heavy (non-hydrogen) atoms. The van der Waals surface area contributed by atoms with Crippen molar-refractivity contribution in [1.82, 2.24) is 5.43 Å². The minimum atomic E-state index is -0.589. The molecule has 0 aliphatic rings. The number of phenols is 1. The highest BCUT2D eigenvalue weighted by atomic mass is 16.6. The quantitative estimate of drug-likeness (QED) is 0.389. The number of ether oxygens (including phenoxy) is 1. The van der Waals surface area contributed by atoms with Gasteiger partial charge in [0.15, 0.2) is 12.4 Å². The van der Waals surface area contributed by atoms with Crippen molar-refractivity contribution in [2.75, 3.05) is 24.6 Å². The number of aromatic hydroxyl groups is 1. The minimum absolute atomic E-state index is 0.00346. The van der Waals surface area contributed by atoms with Gasteiger partial charge in [0, 0.05) is 36.5 Å². The van der Waals surface area contributed by atoms with Crippen molar-refractivity contribution in [2.45, 2.75) is 13.8 Å². The number of hydrazone groups is 1. The number of para-hydroxylation sites is 2. The first-order valence-electron chi connectivity index (χ1n) is 8.72. The fourth-order valence-electron chi connectivity index (χ4n) is 2.51. The van der Waals surface area contributed by atoms with E-state index in [2.05, 4.69) is 15.4 Å². The van der Waals surface area contributed by atoms with Crippen molar-refractivity contribution >= 4 is 23.5 Å². The van der Waals surface area contributed by atoms with Gasteiger partial charge in [-0.2, -0.15) is 5.10 Å². The van der Waals surface area contributed by atoms with Crippen LogP contribution < -0.4 is 15.1 Å². The molecule has 0 bridgehead atoms. The van der Waals surface area contributed by atoms with Gasteiger partial charge in [-0.05, 0) is 32.0 Å². The smallest absolute Gasteiger partial charge is 0.310 e. The second-order valence-corrected chi connectivity index (χ2v) is 5.72. The van der Waals surface area contributed by atoms with E-state index in [9.17, 15) is 20.0 Å². The molecular formula is C19H22N4O5. The third-order valence-electron chi connectivity index (χ3n) is 3.96. The number of hydrogen-bond donors (Lipinski definition) is 2. The molecule has 9 nitrogen and oxygen atoms in total. The Morgan fingerprint density at radius 2 is 2.00 bits per heavy atom. The highest BCUT2D eigenvalue weighted by molar-refractivity contribution is 5.86. The summed E-state index contributed by atoms with van der Waals surface area (Å²) >= 11 is 0. The summed E-state index contributed by atoms with van der Waals surface area (Å²) in [4.78, 5) is 24.2. The van der Waals surface area contributed by atoms with E-state index in [1.807, 2.05) is 19.9 Å². The second kappa shape index (κ2) is 9.91. The number of amides is 1. The van der Waals surface area contributed by atoms with E-state index < -0.39 is 17.4 Å². The number of carbonyl (C=O) groups is 1. The maximum atomic E-state index is 11.8. The maximum absolute atomic E-state index is 11.8. The molecule has 1 amide bonds. The molecule has 0 radical (unpaired) electrons.